The Bertz CT molecular complexity index is 994. The zero-order valence-electron chi connectivity index (χ0n) is 17.4. The molecule has 29 heavy (non-hydrogen) atoms. The van der Waals surface area contributed by atoms with Crippen molar-refractivity contribution in [1.29, 1.82) is 0 Å². The van der Waals surface area contributed by atoms with Crippen LogP contribution in [0.25, 0.3) is 0 Å². The highest BCUT2D eigenvalue weighted by atomic mass is 32.2. The third kappa shape index (κ3) is 4.09. The summed E-state index contributed by atoms with van der Waals surface area (Å²) in [5.74, 6) is 1.69. The minimum Gasteiger partial charge on any atom is -0.356 e. The fourth-order valence-corrected chi connectivity index (χ4v) is 5.77. The lowest BCUT2D eigenvalue weighted by Gasteiger charge is -2.34. The van der Waals surface area contributed by atoms with Gasteiger partial charge in [0.05, 0.1) is 4.90 Å². The normalized spacial score (nSPS) is 18.4. The minimum atomic E-state index is -3.49. The van der Waals surface area contributed by atoms with E-state index in [1.807, 2.05) is 39.0 Å². The van der Waals surface area contributed by atoms with E-state index in [2.05, 4.69) is 14.8 Å². The average Bonchev–Trinajstić information content (AvgIpc) is 3.24. The molecule has 1 aromatic heterocycles. The molecule has 2 saturated heterocycles. The van der Waals surface area contributed by atoms with Crippen LogP contribution in [0.3, 0.4) is 0 Å². The van der Waals surface area contributed by atoms with Crippen molar-refractivity contribution >= 4 is 21.8 Å². The first kappa shape index (κ1) is 20.1. The van der Waals surface area contributed by atoms with Crippen molar-refractivity contribution in [2.45, 2.75) is 38.5 Å². The number of nitrogens with zero attached hydrogens (tertiary/aromatic N) is 5. The van der Waals surface area contributed by atoms with Gasteiger partial charge in [0.1, 0.15) is 5.82 Å². The molecule has 0 radical (unpaired) electrons. The van der Waals surface area contributed by atoms with Crippen LogP contribution in [0, 0.1) is 20.8 Å². The topological polar surface area (TPSA) is 69.6 Å². The number of aromatic nitrogens is 2. The summed E-state index contributed by atoms with van der Waals surface area (Å²) >= 11 is 0. The second kappa shape index (κ2) is 7.91. The van der Waals surface area contributed by atoms with Gasteiger partial charge in [-0.2, -0.15) is 9.29 Å². The first-order valence-corrected chi connectivity index (χ1v) is 11.7. The molecule has 2 aromatic rings. The highest BCUT2D eigenvalue weighted by molar-refractivity contribution is 7.89. The van der Waals surface area contributed by atoms with Gasteiger partial charge in [-0.15, -0.1) is 0 Å². The molecule has 3 heterocycles. The van der Waals surface area contributed by atoms with Gasteiger partial charge in [-0.25, -0.2) is 13.4 Å². The molecular weight excluding hydrogens is 386 g/mol. The highest BCUT2D eigenvalue weighted by Crippen LogP contribution is 2.25. The molecule has 7 nitrogen and oxygen atoms in total. The van der Waals surface area contributed by atoms with Gasteiger partial charge in [-0.05, 0) is 50.8 Å². The molecule has 0 bridgehead atoms. The summed E-state index contributed by atoms with van der Waals surface area (Å²) in [5.41, 5.74) is 2.69. The molecule has 0 unspecified atom stereocenters. The molecule has 0 spiro atoms. The van der Waals surface area contributed by atoms with Crippen LogP contribution in [0.2, 0.25) is 0 Å². The Morgan fingerprint density at radius 2 is 1.52 bits per heavy atom. The van der Waals surface area contributed by atoms with E-state index in [0.29, 0.717) is 37.0 Å². The Hall–Kier alpha value is -2.19. The summed E-state index contributed by atoms with van der Waals surface area (Å²) in [5, 5.41) is 0. The lowest BCUT2D eigenvalue weighted by Crippen LogP contribution is -2.49. The van der Waals surface area contributed by atoms with Crippen molar-refractivity contribution in [3.63, 3.8) is 0 Å². The largest absolute Gasteiger partial charge is 0.356 e. The summed E-state index contributed by atoms with van der Waals surface area (Å²) in [7, 11) is -3.49. The van der Waals surface area contributed by atoms with Crippen LogP contribution in [0.1, 0.15) is 29.7 Å². The van der Waals surface area contributed by atoms with Crippen molar-refractivity contribution < 1.29 is 8.42 Å². The smallest absolute Gasteiger partial charge is 0.243 e. The van der Waals surface area contributed by atoms with Crippen LogP contribution in [0.4, 0.5) is 11.8 Å². The fourth-order valence-electron chi connectivity index (χ4n) is 4.04. The van der Waals surface area contributed by atoms with E-state index in [-0.39, 0.29) is 0 Å². The van der Waals surface area contributed by atoms with Gasteiger partial charge in [0.2, 0.25) is 16.0 Å². The van der Waals surface area contributed by atoms with Crippen molar-refractivity contribution in [2.24, 2.45) is 0 Å². The molecule has 2 fully saturated rings. The van der Waals surface area contributed by atoms with Gasteiger partial charge in [0.25, 0.3) is 0 Å². The van der Waals surface area contributed by atoms with Crippen molar-refractivity contribution in [2.75, 3.05) is 49.1 Å². The van der Waals surface area contributed by atoms with E-state index < -0.39 is 10.0 Å². The van der Waals surface area contributed by atoms with Crippen LogP contribution in [0.15, 0.2) is 29.2 Å². The molecule has 4 rings (SSSR count). The molecule has 8 heteroatoms. The monoisotopic (exact) mass is 415 g/mol. The van der Waals surface area contributed by atoms with Gasteiger partial charge < -0.3 is 9.80 Å². The Morgan fingerprint density at radius 3 is 2.21 bits per heavy atom. The Labute approximate surface area is 173 Å². The Kier molecular flexibility index (Phi) is 5.48. The molecule has 0 N–H and O–H groups in total. The predicted molar refractivity (Wildman–Crippen MR) is 115 cm³/mol. The lowest BCUT2D eigenvalue weighted by molar-refractivity contribution is 0.382. The number of hydrogen-bond donors (Lipinski definition) is 0. The van der Waals surface area contributed by atoms with E-state index in [1.54, 1.807) is 10.4 Å². The zero-order valence-corrected chi connectivity index (χ0v) is 18.2. The van der Waals surface area contributed by atoms with Crippen LogP contribution < -0.4 is 9.80 Å². The molecule has 156 valence electrons. The number of sulfonamides is 1. The summed E-state index contributed by atoms with van der Waals surface area (Å²) in [4.78, 5) is 14.2. The van der Waals surface area contributed by atoms with E-state index in [4.69, 9.17) is 4.98 Å². The first-order chi connectivity index (χ1) is 13.8. The number of benzene rings is 1. The van der Waals surface area contributed by atoms with Gasteiger partial charge >= 0.3 is 0 Å². The van der Waals surface area contributed by atoms with Crippen LogP contribution in [-0.2, 0) is 10.0 Å². The minimum absolute atomic E-state index is 0.411. The zero-order chi connectivity index (χ0) is 20.6. The quantitative estimate of drug-likeness (QED) is 0.764. The number of hydrogen-bond acceptors (Lipinski definition) is 6. The molecule has 0 amide bonds. The van der Waals surface area contributed by atoms with Gasteiger partial charge in [0, 0.05) is 51.0 Å². The molecule has 0 atom stereocenters. The van der Waals surface area contributed by atoms with Crippen molar-refractivity contribution in [3.05, 3.63) is 41.1 Å². The number of aryl methyl sites for hydroxylation is 3. The fraction of sp³-hybridized carbons (Fsp3) is 0.524. The molecule has 2 aliphatic heterocycles. The standard InChI is InChI=1S/C21H29N5O2S/c1-16-6-7-17(2)19(14-16)29(27,28)26-12-10-25(11-13-26)21-22-18(3)15-20(23-21)24-8-4-5-9-24/h6-7,14-15H,4-5,8-13H2,1-3H3. The molecule has 0 saturated carbocycles. The molecule has 2 aliphatic rings. The molecular formula is C21H29N5O2S. The predicted octanol–water partition coefficient (Wildman–Crippen LogP) is 2.51. The number of anilines is 2. The third-order valence-corrected chi connectivity index (χ3v) is 7.78. The summed E-state index contributed by atoms with van der Waals surface area (Å²) < 4.78 is 27.9. The van der Waals surface area contributed by atoms with Crippen LogP contribution in [-0.4, -0.2) is 62.0 Å². The Balaban J connectivity index is 1.50. The maximum absolute atomic E-state index is 13.2. The number of piperazine rings is 1. The Morgan fingerprint density at radius 1 is 0.828 bits per heavy atom. The SMILES string of the molecule is Cc1ccc(C)c(S(=O)(=O)N2CCN(c3nc(C)cc(N4CCCC4)n3)CC2)c1. The maximum Gasteiger partial charge on any atom is 0.243 e. The second-order valence-electron chi connectivity index (χ2n) is 8.02. The van der Waals surface area contributed by atoms with Crippen molar-refractivity contribution in [3.8, 4) is 0 Å². The maximum atomic E-state index is 13.2. The van der Waals surface area contributed by atoms with E-state index in [0.717, 1.165) is 35.7 Å². The lowest BCUT2D eigenvalue weighted by atomic mass is 10.2. The summed E-state index contributed by atoms with van der Waals surface area (Å²) in [6.45, 7) is 9.89. The number of rotatable bonds is 4. The first-order valence-electron chi connectivity index (χ1n) is 10.3. The molecule has 0 aliphatic carbocycles. The van der Waals surface area contributed by atoms with Gasteiger partial charge in [-0.3, -0.25) is 0 Å². The second-order valence-corrected chi connectivity index (χ2v) is 9.93. The van der Waals surface area contributed by atoms with Gasteiger partial charge in [0.15, 0.2) is 0 Å². The van der Waals surface area contributed by atoms with E-state index in [9.17, 15) is 8.42 Å². The third-order valence-electron chi connectivity index (χ3n) is 5.74. The highest BCUT2D eigenvalue weighted by Gasteiger charge is 2.30. The molecule has 1 aromatic carbocycles. The van der Waals surface area contributed by atoms with Crippen molar-refractivity contribution in [1.82, 2.24) is 14.3 Å². The van der Waals surface area contributed by atoms with Crippen LogP contribution in [0.5, 0.6) is 0 Å². The van der Waals surface area contributed by atoms with Gasteiger partial charge in [-0.1, -0.05) is 12.1 Å². The summed E-state index contributed by atoms with van der Waals surface area (Å²) in [6.07, 6.45) is 2.40. The summed E-state index contributed by atoms with van der Waals surface area (Å²) in [6, 6.07) is 7.62. The van der Waals surface area contributed by atoms with E-state index >= 15 is 0 Å². The van der Waals surface area contributed by atoms with Crippen LogP contribution >= 0.6 is 0 Å². The van der Waals surface area contributed by atoms with E-state index in [1.165, 1.54) is 12.8 Å². The average molecular weight is 416 g/mol.